The number of rotatable bonds is 5. The smallest absolute Gasteiger partial charge is 0.412 e. The number of aliphatic carboxylic acids is 1. The number of amides is 1. The number of nitrogens with zero attached hydrogens (tertiary/aromatic N) is 3. The van der Waals surface area contributed by atoms with Gasteiger partial charge in [-0.25, -0.2) is 4.79 Å². The molecule has 34 heavy (non-hydrogen) atoms. The number of carboxylic acid groups (broad SMARTS) is 1. The molecular formula is C22H15ClN4O6S. The van der Waals surface area contributed by atoms with Crippen molar-refractivity contribution >= 4 is 52.3 Å². The fourth-order valence-corrected chi connectivity index (χ4v) is 3.96. The lowest BCUT2D eigenvalue weighted by Crippen LogP contribution is -2.19. The van der Waals surface area contributed by atoms with Crippen molar-refractivity contribution in [2.75, 3.05) is 5.32 Å². The van der Waals surface area contributed by atoms with Crippen molar-refractivity contribution in [3.8, 4) is 11.8 Å². The summed E-state index contributed by atoms with van der Waals surface area (Å²) in [6, 6.07) is 7.56. The first-order valence-electron chi connectivity index (χ1n) is 10.0. The molecule has 0 spiro atoms. The molecule has 0 aliphatic heterocycles. The molecule has 2 N–H and O–H groups in total. The van der Waals surface area contributed by atoms with Crippen molar-refractivity contribution in [3.63, 3.8) is 0 Å². The minimum atomic E-state index is -1.10. The van der Waals surface area contributed by atoms with Gasteiger partial charge < -0.3 is 18.7 Å². The molecule has 5 rings (SSSR count). The molecule has 3 aromatic heterocycles. The van der Waals surface area contributed by atoms with Crippen LogP contribution >= 0.6 is 23.1 Å². The van der Waals surface area contributed by atoms with E-state index in [4.69, 9.17) is 25.2 Å². The van der Waals surface area contributed by atoms with Gasteiger partial charge in [0.05, 0.1) is 0 Å². The summed E-state index contributed by atoms with van der Waals surface area (Å²) < 4.78 is 20.5. The zero-order valence-corrected chi connectivity index (χ0v) is 19.1. The third-order valence-electron chi connectivity index (χ3n) is 5.33. The monoisotopic (exact) mass is 498 g/mol. The zero-order valence-electron chi connectivity index (χ0n) is 17.5. The van der Waals surface area contributed by atoms with Gasteiger partial charge in [-0.1, -0.05) is 35.9 Å². The number of aromatic nitrogens is 3. The third-order valence-corrected chi connectivity index (χ3v) is 6.36. The molecule has 0 saturated heterocycles. The molecule has 0 atom stereocenters. The maximum atomic E-state index is 12.3. The van der Waals surface area contributed by atoms with Crippen LogP contribution in [0.25, 0.3) is 11.4 Å². The first-order valence-corrected chi connectivity index (χ1v) is 11.2. The van der Waals surface area contributed by atoms with Gasteiger partial charge in [-0.05, 0) is 48.3 Å². The van der Waals surface area contributed by atoms with Crippen LogP contribution < -0.4 is 5.32 Å². The third kappa shape index (κ3) is 4.09. The number of hydrogen-bond donors (Lipinski definition) is 2. The van der Waals surface area contributed by atoms with Gasteiger partial charge in [0, 0.05) is 5.92 Å². The van der Waals surface area contributed by atoms with Crippen LogP contribution in [0.2, 0.25) is 4.34 Å². The Balaban J connectivity index is 1.29. The van der Waals surface area contributed by atoms with E-state index in [1.54, 1.807) is 0 Å². The first kappa shape index (κ1) is 21.9. The molecule has 3 heterocycles. The van der Waals surface area contributed by atoms with E-state index < -0.39 is 17.5 Å². The number of aryl methyl sites for hydroxylation is 1. The molecule has 12 heteroatoms. The first-order chi connectivity index (χ1) is 16.4. The summed E-state index contributed by atoms with van der Waals surface area (Å²) in [5, 5.41) is 11.9. The second-order valence-corrected chi connectivity index (χ2v) is 8.97. The SMILES string of the molecule is Cc1ccccc1COC(=O)Nc1c(C#Cc2nc3nc(C4(C(=O)O)CC4)oc3o2)nsc1Cl. The van der Waals surface area contributed by atoms with E-state index in [1.807, 2.05) is 31.2 Å². The van der Waals surface area contributed by atoms with Gasteiger partial charge in [0.1, 0.15) is 22.0 Å². The summed E-state index contributed by atoms with van der Waals surface area (Å²) in [7, 11) is 0. The summed E-state index contributed by atoms with van der Waals surface area (Å²) in [5.74, 6) is 4.47. The number of oxazole rings is 2. The van der Waals surface area contributed by atoms with E-state index in [-0.39, 0.29) is 45.5 Å². The molecular weight excluding hydrogens is 484 g/mol. The Kier molecular flexibility index (Phi) is 5.47. The largest absolute Gasteiger partial charge is 0.480 e. The summed E-state index contributed by atoms with van der Waals surface area (Å²) in [6.07, 6.45) is 0.198. The second kappa shape index (κ2) is 8.48. The number of carboxylic acids is 1. The highest BCUT2D eigenvalue weighted by Gasteiger charge is 2.56. The molecule has 0 radical (unpaired) electrons. The van der Waals surface area contributed by atoms with Gasteiger partial charge in [0.25, 0.3) is 5.89 Å². The molecule has 1 amide bonds. The Morgan fingerprint density at radius 3 is 2.76 bits per heavy atom. The number of carbonyl (C=O) groups excluding carboxylic acids is 1. The van der Waals surface area contributed by atoms with Gasteiger partial charge in [0.15, 0.2) is 5.69 Å². The van der Waals surface area contributed by atoms with Crippen molar-refractivity contribution in [1.29, 1.82) is 0 Å². The lowest BCUT2D eigenvalue weighted by Gasteiger charge is -2.08. The van der Waals surface area contributed by atoms with Crippen LogP contribution in [0.4, 0.5) is 10.5 Å². The zero-order chi connectivity index (χ0) is 23.9. The van der Waals surface area contributed by atoms with E-state index in [0.717, 1.165) is 22.7 Å². The molecule has 1 saturated carbocycles. The Morgan fingerprint density at radius 1 is 1.26 bits per heavy atom. The van der Waals surface area contributed by atoms with Crippen LogP contribution in [0.3, 0.4) is 0 Å². The predicted octanol–water partition coefficient (Wildman–Crippen LogP) is 4.50. The standard InChI is InChI=1S/C22H15ClN4O6S/c1-11-4-2-3-5-12(11)10-31-21(30)25-15-13(27-34-16(15)23)6-7-14-24-17-18(32-14)33-19(26-17)22(8-9-22)20(28)29/h2-5H,8-10H2,1H3,(H,25,30)(H,28,29). The summed E-state index contributed by atoms with van der Waals surface area (Å²) in [6.45, 7) is 2.03. The fraction of sp³-hybridized carbons (Fsp3) is 0.227. The molecule has 0 bridgehead atoms. The quantitative estimate of drug-likeness (QED) is 0.380. The van der Waals surface area contributed by atoms with Crippen LogP contribution in [-0.2, 0) is 21.6 Å². The minimum Gasteiger partial charge on any atom is -0.480 e. The average molecular weight is 499 g/mol. The highest BCUT2D eigenvalue weighted by molar-refractivity contribution is 7.11. The number of fused-ring (bicyclic) bond motifs is 1. The van der Waals surface area contributed by atoms with Crippen molar-refractivity contribution in [1.82, 2.24) is 14.3 Å². The fourth-order valence-electron chi connectivity index (χ4n) is 3.17. The normalized spacial score (nSPS) is 13.8. The van der Waals surface area contributed by atoms with Crippen LogP contribution in [0.5, 0.6) is 0 Å². The minimum absolute atomic E-state index is 0.00910. The van der Waals surface area contributed by atoms with E-state index >= 15 is 0 Å². The molecule has 0 unspecified atom stereocenters. The Labute approximate surface area is 201 Å². The number of anilines is 1. The second-order valence-electron chi connectivity index (χ2n) is 7.59. The lowest BCUT2D eigenvalue weighted by molar-refractivity contribution is -0.140. The van der Waals surface area contributed by atoms with Gasteiger partial charge in [-0.3, -0.25) is 10.1 Å². The maximum absolute atomic E-state index is 12.3. The van der Waals surface area contributed by atoms with E-state index in [0.29, 0.717) is 12.8 Å². The number of nitrogens with one attached hydrogen (secondary N) is 1. The molecule has 1 aliphatic rings. The van der Waals surface area contributed by atoms with E-state index in [1.165, 1.54) is 0 Å². The molecule has 4 aromatic rings. The number of hydrogen-bond acceptors (Lipinski definition) is 9. The van der Waals surface area contributed by atoms with E-state index in [2.05, 4.69) is 31.5 Å². The molecule has 1 aliphatic carbocycles. The van der Waals surface area contributed by atoms with Crippen LogP contribution in [0.1, 0.15) is 41.4 Å². The van der Waals surface area contributed by atoms with Gasteiger partial charge >= 0.3 is 17.8 Å². The van der Waals surface area contributed by atoms with Crippen molar-refractivity contribution < 1.29 is 28.3 Å². The molecule has 10 nitrogen and oxygen atoms in total. The van der Waals surface area contributed by atoms with Crippen LogP contribution in [-0.4, -0.2) is 31.5 Å². The predicted molar refractivity (Wildman–Crippen MR) is 121 cm³/mol. The van der Waals surface area contributed by atoms with Crippen molar-refractivity contribution in [3.05, 3.63) is 57.2 Å². The summed E-state index contributed by atoms with van der Waals surface area (Å²) in [4.78, 5) is 31.9. The number of halogens is 1. The van der Waals surface area contributed by atoms with Gasteiger partial charge in [-0.2, -0.15) is 14.3 Å². The summed E-state index contributed by atoms with van der Waals surface area (Å²) >= 11 is 7.11. The maximum Gasteiger partial charge on any atom is 0.412 e. The van der Waals surface area contributed by atoms with Crippen LogP contribution in [0, 0.1) is 18.8 Å². The van der Waals surface area contributed by atoms with E-state index in [9.17, 15) is 14.7 Å². The average Bonchev–Trinajstić information content (AvgIpc) is 3.25. The van der Waals surface area contributed by atoms with Gasteiger partial charge in [-0.15, -0.1) is 0 Å². The van der Waals surface area contributed by atoms with Crippen LogP contribution in [0.15, 0.2) is 33.1 Å². The molecule has 1 aromatic carbocycles. The van der Waals surface area contributed by atoms with Gasteiger partial charge in [0.2, 0.25) is 11.5 Å². The number of benzene rings is 1. The Hall–Kier alpha value is -3.88. The highest BCUT2D eigenvalue weighted by atomic mass is 35.5. The van der Waals surface area contributed by atoms with Crippen molar-refractivity contribution in [2.45, 2.75) is 31.8 Å². The summed E-state index contributed by atoms with van der Waals surface area (Å²) in [5.41, 5.74) is 1.33. The highest BCUT2D eigenvalue weighted by Crippen LogP contribution is 2.48. The van der Waals surface area contributed by atoms with Crippen molar-refractivity contribution in [2.24, 2.45) is 0 Å². The molecule has 1 fully saturated rings. The lowest BCUT2D eigenvalue weighted by atomic mass is 10.1. The Morgan fingerprint density at radius 2 is 2.06 bits per heavy atom. The number of carbonyl (C=O) groups is 2. The number of ether oxygens (including phenoxy) is 1. The Bertz CT molecular complexity index is 1460. The topological polar surface area (TPSA) is 141 Å². The molecule has 172 valence electrons.